The van der Waals surface area contributed by atoms with Crippen LogP contribution in [0.4, 0.5) is 0 Å². The molecule has 0 N–H and O–H groups in total. The molecule has 0 aliphatic carbocycles. The predicted octanol–water partition coefficient (Wildman–Crippen LogP) is 3.60. The van der Waals surface area contributed by atoms with Crippen molar-refractivity contribution in [2.75, 3.05) is 26.9 Å². The van der Waals surface area contributed by atoms with Gasteiger partial charge in [0, 0.05) is 19.6 Å². The maximum absolute atomic E-state index is 13.4. The summed E-state index contributed by atoms with van der Waals surface area (Å²) in [7, 11) is 2.02. The molecule has 0 bridgehead atoms. The normalized spacial score (nSPS) is 17.2. The van der Waals surface area contributed by atoms with E-state index < -0.39 is 0 Å². The van der Waals surface area contributed by atoms with E-state index in [1.165, 1.54) is 6.42 Å². The van der Waals surface area contributed by atoms with Gasteiger partial charge >= 0.3 is 0 Å². The summed E-state index contributed by atoms with van der Waals surface area (Å²) in [5.74, 6) is 1.76. The third-order valence-corrected chi connectivity index (χ3v) is 5.33. The van der Waals surface area contributed by atoms with Crippen molar-refractivity contribution in [2.24, 2.45) is 0 Å². The zero-order valence-electron chi connectivity index (χ0n) is 15.8. The van der Waals surface area contributed by atoms with Crippen LogP contribution in [0.15, 0.2) is 48.5 Å². The molecule has 2 aromatic carbocycles. The number of likely N-dealkylation sites (N-methyl/N-ethyl adjacent to an activating group) is 1. The van der Waals surface area contributed by atoms with Crippen LogP contribution in [0.3, 0.4) is 0 Å². The molecule has 1 amide bonds. The van der Waals surface area contributed by atoms with Gasteiger partial charge in [0.25, 0.3) is 0 Å². The van der Waals surface area contributed by atoms with Crippen molar-refractivity contribution in [3.63, 3.8) is 0 Å². The standard InChI is InChI=1S/C22H26N2O3/c1-23(15-17-10-11-19-20(14-17)27-16-26-19)21(18-8-4-2-5-9-18)22(25)24-12-6-3-7-13-24/h2,4-5,8-11,14,21H,3,6-7,12-13,15-16H2,1H3. The van der Waals surface area contributed by atoms with Crippen molar-refractivity contribution in [1.82, 2.24) is 9.80 Å². The summed E-state index contributed by atoms with van der Waals surface area (Å²) >= 11 is 0. The van der Waals surface area contributed by atoms with Gasteiger partial charge in [-0.2, -0.15) is 0 Å². The van der Waals surface area contributed by atoms with Gasteiger partial charge in [-0.25, -0.2) is 0 Å². The quantitative estimate of drug-likeness (QED) is 0.811. The van der Waals surface area contributed by atoms with Gasteiger partial charge in [0.15, 0.2) is 11.5 Å². The summed E-state index contributed by atoms with van der Waals surface area (Å²) in [5, 5.41) is 0. The second kappa shape index (κ2) is 8.01. The van der Waals surface area contributed by atoms with Crippen molar-refractivity contribution in [2.45, 2.75) is 31.8 Å². The first kappa shape index (κ1) is 17.9. The Kier molecular flexibility index (Phi) is 5.30. The maximum Gasteiger partial charge on any atom is 0.244 e. The highest BCUT2D eigenvalue weighted by Crippen LogP contribution is 2.33. The smallest absolute Gasteiger partial charge is 0.244 e. The van der Waals surface area contributed by atoms with Crippen LogP contribution >= 0.6 is 0 Å². The predicted molar refractivity (Wildman–Crippen MR) is 104 cm³/mol. The van der Waals surface area contributed by atoms with E-state index in [-0.39, 0.29) is 18.7 Å². The highest BCUT2D eigenvalue weighted by molar-refractivity contribution is 5.83. The van der Waals surface area contributed by atoms with Gasteiger partial charge in [-0.15, -0.1) is 0 Å². The molecule has 4 rings (SSSR count). The lowest BCUT2D eigenvalue weighted by Crippen LogP contribution is -2.43. The Morgan fingerprint density at radius 2 is 1.78 bits per heavy atom. The van der Waals surface area contributed by atoms with Crippen LogP contribution < -0.4 is 9.47 Å². The Hall–Kier alpha value is -2.53. The van der Waals surface area contributed by atoms with Gasteiger partial charge < -0.3 is 14.4 Å². The lowest BCUT2D eigenvalue weighted by Gasteiger charge is -2.34. The summed E-state index contributed by atoms with van der Waals surface area (Å²) < 4.78 is 10.9. The van der Waals surface area contributed by atoms with Crippen molar-refractivity contribution in [3.05, 3.63) is 59.7 Å². The minimum atomic E-state index is -0.283. The van der Waals surface area contributed by atoms with Crippen molar-refractivity contribution < 1.29 is 14.3 Å². The molecule has 142 valence electrons. The van der Waals surface area contributed by atoms with Gasteiger partial charge in [0.05, 0.1) is 0 Å². The molecule has 2 heterocycles. The monoisotopic (exact) mass is 366 g/mol. The molecule has 2 aliphatic rings. The third-order valence-electron chi connectivity index (χ3n) is 5.33. The molecule has 1 atom stereocenters. The number of fused-ring (bicyclic) bond motifs is 1. The number of carbonyl (C=O) groups excluding carboxylic acids is 1. The Morgan fingerprint density at radius 3 is 2.56 bits per heavy atom. The molecule has 5 heteroatoms. The second-order valence-corrected chi connectivity index (χ2v) is 7.30. The van der Waals surface area contributed by atoms with Crippen LogP contribution in [-0.2, 0) is 11.3 Å². The molecule has 2 aliphatic heterocycles. The van der Waals surface area contributed by atoms with Gasteiger partial charge in [-0.3, -0.25) is 9.69 Å². The molecule has 5 nitrogen and oxygen atoms in total. The molecule has 0 spiro atoms. The van der Waals surface area contributed by atoms with Crippen LogP contribution in [0.5, 0.6) is 11.5 Å². The number of benzene rings is 2. The summed E-state index contributed by atoms with van der Waals surface area (Å²) in [4.78, 5) is 17.5. The average molecular weight is 366 g/mol. The lowest BCUT2D eigenvalue weighted by molar-refractivity contribution is -0.138. The van der Waals surface area contributed by atoms with Crippen molar-refractivity contribution in [3.8, 4) is 11.5 Å². The molecule has 2 aromatic rings. The molecule has 0 saturated carbocycles. The van der Waals surface area contributed by atoms with E-state index in [1.54, 1.807) is 0 Å². The molecule has 1 unspecified atom stereocenters. The molecule has 27 heavy (non-hydrogen) atoms. The first-order valence-corrected chi connectivity index (χ1v) is 9.65. The minimum absolute atomic E-state index is 0.198. The highest BCUT2D eigenvalue weighted by Gasteiger charge is 2.30. The Labute approximate surface area is 160 Å². The van der Waals surface area contributed by atoms with Crippen LogP contribution in [0, 0.1) is 0 Å². The molecule has 1 saturated heterocycles. The van der Waals surface area contributed by atoms with E-state index in [2.05, 4.69) is 4.90 Å². The minimum Gasteiger partial charge on any atom is -0.454 e. The highest BCUT2D eigenvalue weighted by atomic mass is 16.7. The first-order valence-electron chi connectivity index (χ1n) is 9.65. The number of hydrogen-bond acceptors (Lipinski definition) is 4. The lowest BCUT2D eigenvalue weighted by atomic mass is 10.0. The van der Waals surface area contributed by atoms with E-state index in [4.69, 9.17) is 9.47 Å². The SMILES string of the molecule is CN(Cc1ccc2c(c1)OCO2)C(C(=O)N1CCCCC1)c1ccccc1. The molecular formula is C22H26N2O3. The van der Waals surface area contributed by atoms with E-state index in [9.17, 15) is 4.79 Å². The van der Waals surface area contributed by atoms with Gasteiger partial charge in [0.1, 0.15) is 6.04 Å². The number of amides is 1. The number of hydrogen-bond donors (Lipinski definition) is 0. The number of rotatable bonds is 5. The second-order valence-electron chi connectivity index (χ2n) is 7.30. The maximum atomic E-state index is 13.4. The van der Waals surface area contributed by atoms with Crippen molar-refractivity contribution >= 4 is 5.91 Å². The Morgan fingerprint density at radius 1 is 1.04 bits per heavy atom. The van der Waals surface area contributed by atoms with Crippen LogP contribution in [0.1, 0.15) is 36.4 Å². The molecule has 0 aromatic heterocycles. The van der Waals surface area contributed by atoms with Crippen LogP contribution in [-0.4, -0.2) is 42.6 Å². The number of nitrogens with zero attached hydrogens (tertiary/aromatic N) is 2. The van der Waals surface area contributed by atoms with E-state index in [1.807, 2.05) is 60.5 Å². The fraction of sp³-hybridized carbons (Fsp3) is 0.409. The zero-order chi connectivity index (χ0) is 18.6. The molecular weight excluding hydrogens is 340 g/mol. The zero-order valence-corrected chi connectivity index (χ0v) is 15.8. The van der Waals surface area contributed by atoms with E-state index in [0.717, 1.165) is 48.6 Å². The topological polar surface area (TPSA) is 42.0 Å². The fourth-order valence-corrected chi connectivity index (χ4v) is 3.93. The van der Waals surface area contributed by atoms with Gasteiger partial charge in [0.2, 0.25) is 12.7 Å². The summed E-state index contributed by atoms with van der Waals surface area (Å²) in [6.07, 6.45) is 3.41. The number of ether oxygens (including phenoxy) is 2. The third kappa shape index (κ3) is 3.93. The largest absolute Gasteiger partial charge is 0.454 e. The fourth-order valence-electron chi connectivity index (χ4n) is 3.93. The summed E-state index contributed by atoms with van der Waals surface area (Å²) in [6, 6.07) is 15.8. The first-order chi connectivity index (χ1) is 13.2. The average Bonchev–Trinajstić information content (AvgIpc) is 3.17. The molecule has 0 radical (unpaired) electrons. The van der Waals surface area contributed by atoms with Crippen LogP contribution in [0.2, 0.25) is 0 Å². The number of piperidine rings is 1. The number of carbonyl (C=O) groups is 1. The Balaban J connectivity index is 1.56. The van der Waals surface area contributed by atoms with Gasteiger partial charge in [-0.05, 0) is 49.6 Å². The van der Waals surface area contributed by atoms with Gasteiger partial charge in [-0.1, -0.05) is 36.4 Å². The van der Waals surface area contributed by atoms with Crippen LogP contribution in [0.25, 0.3) is 0 Å². The summed E-state index contributed by atoms with van der Waals surface area (Å²) in [5.41, 5.74) is 2.14. The van der Waals surface area contributed by atoms with Crippen molar-refractivity contribution in [1.29, 1.82) is 0 Å². The summed E-state index contributed by atoms with van der Waals surface area (Å²) in [6.45, 7) is 2.66. The Bertz CT molecular complexity index is 787. The number of likely N-dealkylation sites (tertiary alicyclic amines) is 1. The van der Waals surface area contributed by atoms with E-state index in [0.29, 0.717) is 6.54 Å². The molecule has 1 fully saturated rings. The van der Waals surface area contributed by atoms with E-state index >= 15 is 0 Å².